The largest absolute Gasteiger partial charge is 0.483 e. The SMILES string of the molecule is Cc1ccc(Cl)cc1NCc1ccc(OCC(=O)Nc2ccc(F)cc2)c(Br)c1. The normalized spacial score (nSPS) is 10.5. The number of hydrogen-bond acceptors (Lipinski definition) is 3. The van der Waals surface area contributed by atoms with Crippen LogP contribution in [-0.4, -0.2) is 12.5 Å². The maximum atomic E-state index is 12.9. The van der Waals surface area contributed by atoms with Crippen molar-refractivity contribution in [1.29, 1.82) is 0 Å². The number of halogens is 3. The third kappa shape index (κ3) is 6.21. The van der Waals surface area contributed by atoms with Gasteiger partial charge in [0.1, 0.15) is 11.6 Å². The topological polar surface area (TPSA) is 50.4 Å². The van der Waals surface area contributed by atoms with Gasteiger partial charge in [-0.15, -0.1) is 0 Å². The number of aryl methyl sites for hydroxylation is 1. The van der Waals surface area contributed by atoms with Crippen molar-refractivity contribution >= 4 is 44.8 Å². The Morgan fingerprint density at radius 1 is 1.10 bits per heavy atom. The molecule has 0 unspecified atom stereocenters. The molecule has 0 bridgehead atoms. The Morgan fingerprint density at radius 2 is 1.86 bits per heavy atom. The van der Waals surface area contributed by atoms with Crippen LogP contribution in [0.15, 0.2) is 65.1 Å². The third-order valence-corrected chi connectivity index (χ3v) is 5.02. The number of hydrogen-bond donors (Lipinski definition) is 2. The van der Waals surface area contributed by atoms with E-state index in [1.54, 1.807) is 6.07 Å². The summed E-state index contributed by atoms with van der Waals surface area (Å²) in [5, 5.41) is 6.70. The molecule has 0 aliphatic rings. The van der Waals surface area contributed by atoms with Crippen LogP contribution in [0.1, 0.15) is 11.1 Å². The number of amides is 1. The Labute approximate surface area is 182 Å². The molecule has 0 atom stereocenters. The molecule has 0 aliphatic carbocycles. The predicted octanol–water partition coefficient (Wildman–Crippen LogP) is 6.18. The van der Waals surface area contributed by atoms with Crippen LogP contribution in [0.2, 0.25) is 5.02 Å². The molecule has 0 spiro atoms. The van der Waals surface area contributed by atoms with E-state index in [9.17, 15) is 9.18 Å². The Balaban J connectivity index is 1.54. The zero-order valence-electron chi connectivity index (χ0n) is 15.6. The Bertz CT molecular complexity index is 1010. The van der Waals surface area contributed by atoms with Crippen molar-refractivity contribution in [1.82, 2.24) is 0 Å². The average Bonchev–Trinajstić information content (AvgIpc) is 2.69. The van der Waals surface area contributed by atoms with Gasteiger partial charge in [-0.2, -0.15) is 0 Å². The van der Waals surface area contributed by atoms with E-state index in [1.807, 2.05) is 37.3 Å². The van der Waals surface area contributed by atoms with Crippen molar-refractivity contribution in [2.75, 3.05) is 17.2 Å². The number of carbonyl (C=O) groups is 1. The number of benzene rings is 3. The van der Waals surface area contributed by atoms with Gasteiger partial charge < -0.3 is 15.4 Å². The number of rotatable bonds is 7. The zero-order chi connectivity index (χ0) is 20.8. The zero-order valence-corrected chi connectivity index (χ0v) is 18.0. The highest BCUT2D eigenvalue weighted by Gasteiger charge is 2.08. The van der Waals surface area contributed by atoms with Gasteiger partial charge >= 0.3 is 0 Å². The first-order valence-electron chi connectivity index (χ1n) is 8.87. The molecule has 150 valence electrons. The first-order valence-corrected chi connectivity index (χ1v) is 10.0. The molecule has 0 radical (unpaired) electrons. The van der Waals surface area contributed by atoms with E-state index in [4.69, 9.17) is 16.3 Å². The smallest absolute Gasteiger partial charge is 0.262 e. The standard InChI is InChI=1S/C22H19BrClFN2O2/c1-14-2-4-16(24)11-20(14)26-12-15-3-9-21(19(23)10-15)29-13-22(28)27-18-7-5-17(25)6-8-18/h2-11,26H,12-13H2,1H3,(H,27,28). The van der Waals surface area contributed by atoms with Crippen LogP contribution >= 0.6 is 27.5 Å². The molecular weight excluding hydrogens is 459 g/mol. The lowest BCUT2D eigenvalue weighted by Gasteiger charge is -2.12. The maximum absolute atomic E-state index is 12.9. The van der Waals surface area contributed by atoms with Gasteiger partial charge in [0.25, 0.3) is 5.91 Å². The summed E-state index contributed by atoms with van der Waals surface area (Å²) < 4.78 is 19.2. The van der Waals surface area contributed by atoms with Gasteiger partial charge in [0.05, 0.1) is 4.47 Å². The van der Waals surface area contributed by atoms with Gasteiger partial charge in [0.15, 0.2) is 6.61 Å². The molecule has 0 aliphatic heterocycles. The van der Waals surface area contributed by atoms with E-state index in [-0.39, 0.29) is 18.3 Å². The molecule has 0 saturated carbocycles. The molecular formula is C22H19BrClFN2O2. The Morgan fingerprint density at radius 3 is 2.59 bits per heavy atom. The first-order chi connectivity index (χ1) is 13.9. The molecule has 3 aromatic carbocycles. The highest BCUT2D eigenvalue weighted by atomic mass is 79.9. The molecule has 29 heavy (non-hydrogen) atoms. The van der Waals surface area contributed by atoms with Crippen molar-refractivity contribution < 1.29 is 13.9 Å². The van der Waals surface area contributed by atoms with Crippen LogP contribution in [0.4, 0.5) is 15.8 Å². The summed E-state index contributed by atoms with van der Waals surface area (Å²) in [6.45, 7) is 2.48. The van der Waals surface area contributed by atoms with E-state index in [0.717, 1.165) is 21.3 Å². The minimum atomic E-state index is -0.358. The number of ether oxygens (including phenoxy) is 1. The fourth-order valence-corrected chi connectivity index (χ4v) is 3.34. The first kappa shape index (κ1) is 21.1. The lowest BCUT2D eigenvalue weighted by atomic mass is 10.1. The lowest BCUT2D eigenvalue weighted by molar-refractivity contribution is -0.118. The minimum absolute atomic E-state index is 0.157. The third-order valence-electron chi connectivity index (χ3n) is 4.17. The van der Waals surface area contributed by atoms with Gasteiger partial charge in [0.2, 0.25) is 0 Å². The van der Waals surface area contributed by atoms with Gasteiger partial charge in [0, 0.05) is 22.9 Å². The van der Waals surface area contributed by atoms with Gasteiger partial charge in [-0.3, -0.25) is 4.79 Å². The van der Waals surface area contributed by atoms with E-state index in [0.29, 0.717) is 23.0 Å². The maximum Gasteiger partial charge on any atom is 0.262 e. The van der Waals surface area contributed by atoms with Crippen LogP contribution in [0.3, 0.4) is 0 Å². The second-order valence-corrected chi connectivity index (χ2v) is 7.71. The van der Waals surface area contributed by atoms with Crippen molar-refractivity contribution in [3.05, 3.63) is 87.1 Å². The Hall–Kier alpha value is -2.57. The quantitative estimate of drug-likeness (QED) is 0.427. The van der Waals surface area contributed by atoms with Crippen molar-refractivity contribution in [3.63, 3.8) is 0 Å². The van der Waals surface area contributed by atoms with Crippen LogP contribution < -0.4 is 15.4 Å². The van der Waals surface area contributed by atoms with Crippen molar-refractivity contribution in [2.45, 2.75) is 13.5 Å². The van der Waals surface area contributed by atoms with Crippen LogP contribution in [0, 0.1) is 12.7 Å². The summed E-state index contributed by atoms with van der Waals surface area (Å²) in [7, 11) is 0. The van der Waals surface area contributed by atoms with Crippen molar-refractivity contribution in [2.24, 2.45) is 0 Å². The summed E-state index contributed by atoms with van der Waals surface area (Å²) in [6, 6.07) is 16.9. The number of anilines is 2. The fraction of sp³-hybridized carbons (Fsp3) is 0.136. The van der Waals surface area contributed by atoms with Gasteiger partial charge in [-0.1, -0.05) is 23.7 Å². The van der Waals surface area contributed by atoms with E-state index < -0.39 is 0 Å². The molecule has 7 heteroatoms. The molecule has 2 N–H and O–H groups in total. The molecule has 3 aromatic rings. The predicted molar refractivity (Wildman–Crippen MR) is 118 cm³/mol. The average molecular weight is 478 g/mol. The molecule has 3 rings (SSSR count). The second kappa shape index (κ2) is 9.76. The summed E-state index contributed by atoms with van der Waals surface area (Å²) in [5.74, 6) is -0.129. The summed E-state index contributed by atoms with van der Waals surface area (Å²) in [6.07, 6.45) is 0. The number of carbonyl (C=O) groups excluding carboxylic acids is 1. The molecule has 0 fully saturated rings. The lowest BCUT2D eigenvalue weighted by Crippen LogP contribution is -2.20. The second-order valence-electron chi connectivity index (χ2n) is 6.42. The van der Waals surface area contributed by atoms with Crippen LogP contribution in [0.25, 0.3) is 0 Å². The summed E-state index contributed by atoms with van der Waals surface area (Å²) in [4.78, 5) is 12.0. The van der Waals surface area contributed by atoms with E-state index in [2.05, 4.69) is 26.6 Å². The van der Waals surface area contributed by atoms with Gasteiger partial charge in [-0.25, -0.2) is 4.39 Å². The minimum Gasteiger partial charge on any atom is -0.483 e. The molecule has 0 aromatic heterocycles. The van der Waals surface area contributed by atoms with E-state index >= 15 is 0 Å². The fourth-order valence-electron chi connectivity index (χ4n) is 2.63. The number of nitrogens with one attached hydrogen (secondary N) is 2. The molecule has 0 heterocycles. The molecule has 4 nitrogen and oxygen atoms in total. The molecule has 1 amide bonds. The van der Waals surface area contributed by atoms with Crippen LogP contribution in [-0.2, 0) is 11.3 Å². The highest BCUT2D eigenvalue weighted by molar-refractivity contribution is 9.10. The Kier molecular flexibility index (Phi) is 7.12. The monoisotopic (exact) mass is 476 g/mol. The van der Waals surface area contributed by atoms with E-state index in [1.165, 1.54) is 24.3 Å². The van der Waals surface area contributed by atoms with Crippen LogP contribution in [0.5, 0.6) is 5.75 Å². The summed E-state index contributed by atoms with van der Waals surface area (Å²) in [5.41, 5.74) is 3.64. The van der Waals surface area contributed by atoms with Crippen molar-refractivity contribution in [3.8, 4) is 5.75 Å². The highest BCUT2D eigenvalue weighted by Crippen LogP contribution is 2.27. The van der Waals surface area contributed by atoms with Gasteiger partial charge in [-0.05, 0) is 82.5 Å². The summed E-state index contributed by atoms with van der Waals surface area (Å²) >= 11 is 9.53. The molecule has 0 saturated heterocycles.